The highest BCUT2D eigenvalue weighted by Gasteiger charge is 2.30. The fraction of sp³-hybridized carbons (Fsp3) is 0.125. The first-order valence-corrected chi connectivity index (χ1v) is 7.02. The topological polar surface area (TPSA) is 76.7 Å². The van der Waals surface area contributed by atoms with Gasteiger partial charge in [0.15, 0.2) is 11.5 Å². The van der Waals surface area contributed by atoms with Crippen molar-refractivity contribution in [3.05, 3.63) is 59.2 Å². The molecule has 3 rings (SSSR count). The average Bonchev–Trinajstić information content (AvgIpc) is 3.06. The number of rotatable bonds is 2. The van der Waals surface area contributed by atoms with E-state index >= 15 is 0 Å². The second-order valence-corrected chi connectivity index (χ2v) is 5.05. The van der Waals surface area contributed by atoms with Gasteiger partial charge in [0.1, 0.15) is 0 Å². The smallest absolute Gasteiger partial charge is 0.416 e. The first-order chi connectivity index (χ1) is 11.8. The summed E-state index contributed by atoms with van der Waals surface area (Å²) >= 11 is 0. The zero-order chi connectivity index (χ0) is 18.0. The fourth-order valence-corrected chi connectivity index (χ4v) is 2.11. The number of benzene rings is 2. The van der Waals surface area contributed by atoms with E-state index in [1.54, 1.807) is 6.07 Å². The summed E-state index contributed by atoms with van der Waals surface area (Å²) in [4.78, 5) is 23.9. The van der Waals surface area contributed by atoms with Crippen LogP contribution in [0.15, 0.2) is 42.5 Å². The first-order valence-electron chi connectivity index (χ1n) is 7.02. The fourth-order valence-electron chi connectivity index (χ4n) is 2.11. The SMILES string of the molecule is O=C(NNC(=O)c1ccc2c(c1)OCO2)c1ccc(C(F)(F)F)cc1. The summed E-state index contributed by atoms with van der Waals surface area (Å²) in [6.07, 6.45) is -4.48. The lowest BCUT2D eigenvalue weighted by molar-refractivity contribution is -0.137. The predicted molar refractivity (Wildman–Crippen MR) is 78.9 cm³/mol. The number of hydrogen-bond acceptors (Lipinski definition) is 4. The normalized spacial score (nSPS) is 12.6. The van der Waals surface area contributed by atoms with E-state index in [9.17, 15) is 22.8 Å². The molecule has 2 N–H and O–H groups in total. The Kier molecular flexibility index (Phi) is 4.22. The molecule has 9 heteroatoms. The molecular formula is C16H11F3N2O4. The zero-order valence-electron chi connectivity index (χ0n) is 12.5. The number of nitrogens with one attached hydrogen (secondary N) is 2. The molecule has 1 aliphatic heterocycles. The van der Waals surface area contributed by atoms with Crippen LogP contribution >= 0.6 is 0 Å². The van der Waals surface area contributed by atoms with Gasteiger partial charge in [0.2, 0.25) is 6.79 Å². The molecule has 0 unspecified atom stereocenters. The van der Waals surface area contributed by atoms with Crippen LogP contribution in [0.25, 0.3) is 0 Å². The van der Waals surface area contributed by atoms with Crippen molar-refractivity contribution in [3.8, 4) is 11.5 Å². The molecule has 0 radical (unpaired) electrons. The van der Waals surface area contributed by atoms with E-state index in [1.165, 1.54) is 12.1 Å². The molecule has 0 saturated heterocycles. The highest BCUT2D eigenvalue weighted by molar-refractivity contribution is 5.99. The highest BCUT2D eigenvalue weighted by atomic mass is 19.4. The third-order valence-corrected chi connectivity index (χ3v) is 3.40. The third kappa shape index (κ3) is 3.65. The molecule has 2 aromatic rings. The van der Waals surface area contributed by atoms with E-state index in [2.05, 4.69) is 10.9 Å². The molecular weight excluding hydrogens is 341 g/mol. The maximum Gasteiger partial charge on any atom is 0.416 e. The van der Waals surface area contributed by atoms with Crippen LogP contribution in [-0.4, -0.2) is 18.6 Å². The van der Waals surface area contributed by atoms with Crippen molar-refractivity contribution in [1.82, 2.24) is 10.9 Å². The molecule has 0 spiro atoms. The van der Waals surface area contributed by atoms with Crippen LogP contribution in [0.2, 0.25) is 0 Å². The van der Waals surface area contributed by atoms with Gasteiger partial charge in [-0.1, -0.05) is 0 Å². The van der Waals surface area contributed by atoms with Crippen LogP contribution in [0.4, 0.5) is 13.2 Å². The number of hydrogen-bond donors (Lipinski definition) is 2. The molecule has 0 atom stereocenters. The molecule has 0 aromatic heterocycles. The van der Waals surface area contributed by atoms with Crippen molar-refractivity contribution < 1.29 is 32.2 Å². The predicted octanol–water partition coefficient (Wildman–Crippen LogP) is 2.51. The summed E-state index contributed by atoms with van der Waals surface area (Å²) in [5.41, 5.74) is 3.63. The van der Waals surface area contributed by atoms with Gasteiger partial charge < -0.3 is 9.47 Å². The van der Waals surface area contributed by atoms with E-state index < -0.39 is 23.6 Å². The molecule has 2 aromatic carbocycles. The number of carbonyl (C=O) groups is 2. The van der Waals surface area contributed by atoms with Gasteiger partial charge in [-0.25, -0.2) is 0 Å². The number of alkyl halides is 3. The Morgan fingerprint density at radius 3 is 2.04 bits per heavy atom. The highest BCUT2D eigenvalue weighted by Crippen LogP contribution is 2.32. The van der Waals surface area contributed by atoms with Crippen LogP contribution < -0.4 is 20.3 Å². The minimum absolute atomic E-state index is 0.0287. The van der Waals surface area contributed by atoms with Crippen LogP contribution in [0.1, 0.15) is 26.3 Å². The van der Waals surface area contributed by atoms with Gasteiger partial charge in [-0.3, -0.25) is 20.4 Å². The summed E-state index contributed by atoms with van der Waals surface area (Å²) in [5, 5.41) is 0. The van der Waals surface area contributed by atoms with Crippen molar-refractivity contribution in [3.63, 3.8) is 0 Å². The lowest BCUT2D eigenvalue weighted by Gasteiger charge is -2.09. The number of ether oxygens (including phenoxy) is 2. The van der Waals surface area contributed by atoms with E-state index in [4.69, 9.17) is 9.47 Å². The van der Waals surface area contributed by atoms with Gasteiger partial charge in [0, 0.05) is 11.1 Å². The van der Waals surface area contributed by atoms with Crippen molar-refractivity contribution in [2.75, 3.05) is 6.79 Å². The van der Waals surface area contributed by atoms with Gasteiger partial charge in [0.05, 0.1) is 5.56 Å². The summed E-state index contributed by atoms with van der Waals surface area (Å²) in [5.74, 6) is -0.451. The van der Waals surface area contributed by atoms with Gasteiger partial charge in [-0.05, 0) is 42.5 Å². The van der Waals surface area contributed by atoms with E-state index in [-0.39, 0.29) is 17.9 Å². The average molecular weight is 352 g/mol. The molecule has 130 valence electrons. The van der Waals surface area contributed by atoms with Gasteiger partial charge in [-0.15, -0.1) is 0 Å². The summed E-state index contributed by atoms with van der Waals surface area (Å²) in [6, 6.07) is 8.09. The number of hydrazine groups is 1. The summed E-state index contributed by atoms with van der Waals surface area (Å²) < 4.78 is 47.7. The molecule has 2 amide bonds. The van der Waals surface area contributed by atoms with Gasteiger partial charge >= 0.3 is 6.18 Å². The number of fused-ring (bicyclic) bond motifs is 1. The second kappa shape index (κ2) is 6.34. The molecule has 6 nitrogen and oxygen atoms in total. The van der Waals surface area contributed by atoms with Gasteiger partial charge in [0.25, 0.3) is 11.8 Å². The Labute approximate surface area is 139 Å². The number of halogens is 3. The first kappa shape index (κ1) is 16.6. The molecule has 1 heterocycles. The minimum atomic E-state index is -4.48. The molecule has 0 aliphatic carbocycles. The van der Waals surface area contributed by atoms with E-state index in [1.807, 2.05) is 0 Å². The van der Waals surface area contributed by atoms with Crippen LogP contribution in [0.3, 0.4) is 0 Å². The monoisotopic (exact) mass is 352 g/mol. The lowest BCUT2D eigenvalue weighted by atomic mass is 10.1. The number of amides is 2. The Hall–Kier alpha value is -3.23. The number of carbonyl (C=O) groups excluding carboxylic acids is 2. The van der Waals surface area contributed by atoms with E-state index in [0.717, 1.165) is 24.3 Å². The standard InChI is InChI=1S/C16H11F3N2O4/c17-16(18,19)11-4-1-9(2-5-11)14(22)20-21-15(23)10-3-6-12-13(7-10)25-8-24-12/h1-7H,8H2,(H,20,22)(H,21,23). The maximum atomic E-state index is 12.5. The molecule has 0 fully saturated rings. The Balaban J connectivity index is 1.61. The van der Waals surface area contributed by atoms with Crippen LogP contribution in [-0.2, 0) is 6.18 Å². The van der Waals surface area contributed by atoms with Crippen LogP contribution in [0.5, 0.6) is 11.5 Å². The van der Waals surface area contributed by atoms with Crippen molar-refractivity contribution in [2.24, 2.45) is 0 Å². The van der Waals surface area contributed by atoms with E-state index in [0.29, 0.717) is 11.5 Å². The molecule has 25 heavy (non-hydrogen) atoms. The Morgan fingerprint density at radius 1 is 0.840 bits per heavy atom. The van der Waals surface area contributed by atoms with Crippen LogP contribution in [0, 0.1) is 0 Å². The lowest BCUT2D eigenvalue weighted by Crippen LogP contribution is -2.41. The van der Waals surface area contributed by atoms with Crippen molar-refractivity contribution in [1.29, 1.82) is 0 Å². The maximum absolute atomic E-state index is 12.5. The van der Waals surface area contributed by atoms with Gasteiger partial charge in [-0.2, -0.15) is 13.2 Å². The second-order valence-electron chi connectivity index (χ2n) is 5.05. The minimum Gasteiger partial charge on any atom is -0.454 e. The summed E-state index contributed by atoms with van der Waals surface area (Å²) in [6.45, 7) is 0.0606. The largest absolute Gasteiger partial charge is 0.454 e. The van der Waals surface area contributed by atoms with Crippen molar-refractivity contribution in [2.45, 2.75) is 6.18 Å². The molecule has 0 saturated carbocycles. The summed E-state index contributed by atoms with van der Waals surface area (Å²) in [7, 11) is 0. The quantitative estimate of drug-likeness (QED) is 0.815. The Morgan fingerprint density at radius 2 is 1.40 bits per heavy atom. The Bertz CT molecular complexity index is 819. The zero-order valence-corrected chi connectivity index (χ0v) is 12.5. The molecule has 1 aliphatic rings. The molecule has 0 bridgehead atoms. The third-order valence-electron chi connectivity index (χ3n) is 3.40. The van der Waals surface area contributed by atoms with Crippen molar-refractivity contribution >= 4 is 11.8 Å².